The van der Waals surface area contributed by atoms with Crippen LogP contribution in [0.25, 0.3) is 0 Å². The third-order valence-corrected chi connectivity index (χ3v) is 5.02. The molecule has 1 nitrogen and oxygen atoms in total. The zero-order valence-corrected chi connectivity index (χ0v) is 13.3. The third kappa shape index (κ3) is 3.33. The van der Waals surface area contributed by atoms with Crippen molar-refractivity contribution in [3.8, 4) is 0 Å². The lowest BCUT2D eigenvalue weighted by Gasteiger charge is -2.37. The van der Waals surface area contributed by atoms with E-state index in [-0.39, 0.29) is 0 Å². The fourth-order valence-corrected chi connectivity index (χ4v) is 4.28. The van der Waals surface area contributed by atoms with E-state index in [2.05, 4.69) is 58.6 Å². The summed E-state index contributed by atoms with van der Waals surface area (Å²) in [6, 6.07) is 6.17. The van der Waals surface area contributed by atoms with Gasteiger partial charge in [0.15, 0.2) is 0 Å². The summed E-state index contributed by atoms with van der Waals surface area (Å²) in [7, 11) is 0. The molecule has 1 aromatic rings. The highest BCUT2D eigenvalue weighted by Crippen LogP contribution is 2.32. The molecule has 0 bridgehead atoms. The topological polar surface area (TPSA) is 3.24 Å². The van der Waals surface area contributed by atoms with Gasteiger partial charge in [-0.3, -0.25) is 0 Å². The van der Waals surface area contributed by atoms with Crippen molar-refractivity contribution < 1.29 is 0 Å². The molecule has 17 heavy (non-hydrogen) atoms. The summed E-state index contributed by atoms with van der Waals surface area (Å²) in [4.78, 5) is 2.47. The molecule has 1 aliphatic heterocycles. The molecule has 1 saturated heterocycles. The van der Waals surface area contributed by atoms with Crippen LogP contribution in [0.5, 0.6) is 0 Å². The first-order chi connectivity index (χ1) is 8.10. The molecule has 0 spiro atoms. The van der Waals surface area contributed by atoms with Crippen LogP contribution >= 0.6 is 39.3 Å². The Labute approximate surface area is 121 Å². The van der Waals surface area contributed by atoms with Gasteiger partial charge in [-0.05, 0) is 17.7 Å². The molecule has 1 fully saturated rings. The summed E-state index contributed by atoms with van der Waals surface area (Å²) in [6.45, 7) is 6.81. The number of hydrogen-bond acceptors (Lipinski definition) is 2. The fourth-order valence-electron chi connectivity index (χ4n) is 2.32. The van der Waals surface area contributed by atoms with E-state index in [1.807, 2.05) is 6.07 Å². The maximum Gasteiger partial charge on any atom is 0.0426 e. The van der Waals surface area contributed by atoms with Crippen molar-refractivity contribution in [3.05, 3.63) is 28.8 Å². The first-order valence-electron chi connectivity index (χ1n) is 5.85. The number of halogens is 2. The molecule has 1 aliphatic rings. The molecule has 2 atom stereocenters. The number of benzene rings is 1. The maximum absolute atomic E-state index is 6.12. The highest BCUT2D eigenvalue weighted by Gasteiger charge is 2.23. The Bertz CT molecular complexity index is 389. The van der Waals surface area contributed by atoms with Crippen LogP contribution in [0.15, 0.2) is 18.2 Å². The second-order valence-corrected chi connectivity index (χ2v) is 7.45. The quantitative estimate of drug-likeness (QED) is 0.729. The van der Waals surface area contributed by atoms with Crippen LogP contribution in [0, 0.1) is 0 Å². The van der Waals surface area contributed by atoms with Crippen LogP contribution in [-0.4, -0.2) is 23.6 Å². The lowest BCUT2D eigenvalue weighted by Crippen LogP contribution is -2.40. The van der Waals surface area contributed by atoms with Crippen molar-refractivity contribution >= 4 is 45.0 Å². The van der Waals surface area contributed by atoms with Gasteiger partial charge in [-0.1, -0.05) is 47.4 Å². The van der Waals surface area contributed by atoms with Crippen LogP contribution < -0.4 is 4.90 Å². The molecule has 0 aromatic heterocycles. The molecule has 1 heterocycles. The van der Waals surface area contributed by atoms with Crippen LogP contribution in [0.1, 0.15) is 19.4 Å². The number of hydrogen-bond donors (Lipinski definition) is 0. The number of thioether (sulfide) groups is 1. The van der Waals surface area contributed by atoms with Gasteiger partial charge in [0.2, 0.25) is 0 Å². The fraction of sp³-hybridized carbons (Fsp3) is 0.538. The number of nitrogens with zero attached hydrogens (tertiary/aromatic N) is 1. The van der Waals surface area contributed by atoms with Crippen LogP contribution in [0.2, 0.25) is 5.02 Å². The van der Waals surface area contributed by atoms with Crippen molar-refractivity contribution in [2.24, 2.45) is 0 Å². The minimum atomic E-state index is 0.681. The summed E-state index contributed by atoms with van der Waals surface area (Å²) in [5.74, 6) is 0. The van der Waals surface area contributed by atoms with E-state index in [1.54, 1.807) is 0 Å². The Morgan fingerprint density at radius 1 is 1.35 bits per heavy atom. The Morgan fingerprint density at radius 2 is 2.00 bits per heavy atom. The SMILES string of the molecule is CC1CN(c2cc(Cl)ccc2CBr)CC(C)S1. The van der Waals surface area contributed by atoms with Crippen molar-refractivity contribution in [2.45, 2.75) is 29.7 Å². The highest BCUT2D eigenvalue weighted by molar-refractivity contribution is 9.08. The Kier molecular flexibility index (Phi) is 4.67. The van der Waals surface area contributed by atoms with Gasteiger partial charge in [0.25, 0.3) is 0 Å². The van der Waals surface area contributed by atoms with E-state index in [4.69, 9.17) is 11.6 Å². The Hall–Kier alpha value is 0.140. The Morgan fingerprint density at radius 3 is 2.59 bits per heavy atom. The molecule has 2 unspecified atom stereocenters. The summed E-state index contributed by atoms with van der Waals surface area (Å²) in [5, 5.41) is 3.07. The van der Waals surface area contributed by atoms with E-state index in [0.717, 1.165) is 23.4 Å². The molecule has 0 amide bonds. The van der Waals surface area contributed by atoms with Crippen molar-refractivity contribution in [1.82, 2.24) is 0 Å². The zero-order chi connectivity index (χ0) is 12.4. The summed E-state index contributed by atoms with van der Waals surface area (Å²) < 4.78 is 0. The molecule has 1 aromatic carbocycles. The van der Waals surface area contributed by atoms with E-state index in [9.17, 15) is 0 Å². The number of alkyl halides is 1. The molecule has 0 saturated carbocycles. The van der Waals surface area contributed by atoms with Crippen molar-refractivity contribution in [1.29, 1.82) is 0 Å². The average molecular weight is 335 g/mol. The minimum Gasteiger partial charge on any atom is -0.369 e. The zero-order valence-electron chi connectivity index (χ0n) is 10.1. The van der Waals surface area contributed by atoms with Gasteiger partial charge < -0.3 is 4.90 Å². The second-order valence-electron chi connectivity index (χ2n) is 4.57. The van der Waals surface area contributed by atoms with Crippen LogP contribution in [-0.2, 0) is 5.33 Å². The van der Waals surface area contributed by atoms with Gasteiger partial charge in [0, 0.05) is 39.6 Å². The highest BCUT2D eigenvalue weighted by atomic mass is 79.9. The lowest BCUT2D eigenvalue weighted by atomic mass is 10.1. The molecule has 2 rings (SSSR count). The van der Waals surface area contributed by atoms with Crippen LogP contribution in [0.4, 0.5) is 5.69 Å². The summed E-state index contributed by atoms with van der Waals surface area (Å²) in [5.41, 5.74) is 2.61. The first-order valence-corrected chi connectivity index (χ1v) is 8.29. The summed E-state index contributed by atoms with van der Waals surface area (Å²) in [6.07, 6.45) is 0. The normalized spacial score (nSPS) is 25.1. The van der Waals surface area contributed by atoms with E-state index >= 15 is 0 Å². The predicted molar refractivity (Wildman–Crippen MR) is 82.8 cm³/mol. The molecule has 94 valence electrons. The van der Waals surface area contributed by atoms with Crippen molar-refractivity contribution in [3.63, 3.8) is 0 Å². The third-order valence-electron chi connectivity index (χ3n) is 2.95. The lowest BCUT2D eigenvalue weighted by molar-refractivity contribution is 0.726. The molecule has 0 radical (unpaired) electrons. The Balaban J connectivity index is 2.28. The van der Waals surface area contributed by atoms with Gasteiger partial charge in [-0.25, -0.2) is 0 Å². The summed E-state index contributed by atoms with van der Waals surface area (Å²) >= 11 is 11.7. The number of rotatable bonds is 2. The second kappa shape index (κ2) is 5.85. The molecular formula is C13H17BrClNS. The van der Waals surface area contributed by atoms with E-state index < -0.39 is 0 Å². The average Bonchev–Trinajstić information content (AvgIpc) is 2.27. The molecule has 0 aliphatic carbocycles. The van der Waals surface area contributed by atoms with Gasteiger partial charge in [-0.15, -0.1) is 0 Å². The van der Waals surface area contributed by atoms with Gasteiger partial charge in [-0.2, -0.15) is 11.8 Å². The monoisotopic (exact) mass is 333 g/mol. The largest absolute Gasteiger partial charge is 0.369 e. The van der Waals surface area contributed by atoms with Gasteiger partial charge in [0.05, 0.1) is 0 Å². The molecule has 0 N–H and O–H groups in total. The minimum absolute atomic E-state index is 0.681. The van der Waals surface area contributed by atoms with Crippen molar-refractivity contribution in [2.75, 3.05) is 18.0 Å². The van der Waals surface area contributed by atoms with Crippen LogP contribution in [0.3, 0.4) is 0 Å². The first kappa shape index (κ1) is 13.6. The van der Waals surface area contributed by atoms with E-state index in [1.165, 1.54) is 11.3 Å². The predicted octanol–water partition coefficient (Wildman–Crippen LogP) is 4.57. The van der Waals surface area contributed by atoms with Gasteiger partial charge in [0.1, 0.15) is 0 Å². The molecular weight excluding hydrogens is 318 g/mol. The number of anilines is 1. The van der Waals surface area contributed by atoms with E-state index in [0.29, 0.717) is 10.5 Å². The van der Waals surface area contributed by atoms with Gasteiger partial charge >= 0.3 is 0 Å². The molecule has 4 heteroatoms. The smallest absolute Gasteiger partial charge is 0.0426 e. The maximum atomic E-state index is 6.12. The standard InChI is InChI=1S/C13H17BrClNS/c1-9-7-16(8-10(2)17-9)13-5-12(15)4-3-11(13)6-14/h3-5,9-10H,6-8H2,1-2H3.